The highest BCUT2D eigenvalue weighted by Crippen LogP contribution is 2.30. The maximum Gasteiger partial charge on any atom is 0.490 e. The number of halogens is 4. The zero-order valence-corrected chi connectivity index (χ0v) is 24.8. The van der Waals surface area contributed by atoms with Gasteiger partial charge in [-0.2, -0.15) is 13.2 Å². The minimum Gasteiger partial charge on any atom is -0.475 e. The highest BCUT2D eigenvalue weighted by Gasteiger charge is 2.38. The van der Waals surface area contributed by atoms with E-state index in [9.17, 15) is 27.6 Å². The summed E-state index contributed by atoms with van der Waals surface area (Å²) < 4.78 is 37.1. The first-order chi connectivity index (χ1) is 20.3. The molecule has 1 aliphatic rings. The number of nitrogens with zero attached hydrogens (tertiary/aromatic N) is 3. The number of rotatable bonds is 6. The molecule has 13 nitrogen and oxygen atoms in total. The quantitative estimate of drug-likeness (QED) is 0.132. The molecule has 0 radical (unpaired) electrons. The summed E-state index contributed by atoms with van der Waals surface area (Å²) >= 11 is 5.81. The lowest BCUT2D eigenvalue weighted by molar-refractivity contribution is -0.192. The number of hydrogen-bond acceptors (Lipinski definition) is 10. The molecule has 1 fully saturated rings. The molecule has 3 rings (SSSR count). The van der Waals surface area contributed by atoms with Gasteiger partial charge in [-0.15, -0.1) is 0 Å². The van der Waals surface area contributed by atoms with Gasteiger partial charge in [0.15, 0.2) is 34.2 Å². The number of carboxylic acids is 1. The number of guanidine groups is 1. The fraction of sp³-hybridized carbons (Fsp3) is 0.444. The van der Waals surface area contributed by atoms with E-state index in [4.69, 9.17) is 43.4 Å². The third-order valence-electron chi connectivity index (χ3n) is 6.06. The van der Waals surface area contributed by atoms with Crippen LogP contribution in [0.15, 0.2) is 29.3 Å². The Hall–Kier alpha value is -4.47. The Labute approximate surface area is 255 Å². The summed E-state index contributed by atoms with van der Waals surface area (Å²) in [5.74, 6) is -3.94. The van der Waals surface area contributed by atoms with Crippen LogP contribution in [0.25, 0.3) is 0 Å². The molecule has 17 heteroatoms. The Bertz CT molecular complexity index is 1400. The number of carbonyl (C=O) groups excluding carboxylic acids is 3. The van der Waals surface area contributed by atoms with Crippen molar-refractivity contribution in [1.29, 1.82) is 0 Å². The molecule has 1 aromatic carbocycles. The van der Waals surface area contributed by atoms with Crippen LogP contribution < -0.4 is 22.5 Å². The number of nitrogens with one attached hydrogen (secondary N) is 1. The smallest absolute Gasteiger partial charge is 0.475 e. The van der Waals surface area contributed by atoms with Gasteiger partial charge in [0.2, 0.25) is 0 Å². The number of aliphatic carboxylic acids is 1. The van der Waals surface area contributed by atoms with Crippen LogP contribution in [-0.2, 0) is 9.53 Å². The summed E-state index contributed by atoms with van der Waals surface area (Å²) in [4.78, 5) is 58.2. The van der Waals surface area contributed by atoms with Crippen LogP contribution in [0.2, 0.25) is 5.15 Å². The Morgan fingerprint density at radius 1 is 1.00 bits per heavy atom. The van der Waals surface area contributed by atoms with Crippen LogP contribution in [0.5, 0.6) is 0 Å². The second-order valence-electron chi connectivity index (χ2n) is 10.8. The average Bonchev–Trinajstić information content (AvgIpc) is 2.90. The van der Waals surface area contributed by atoms with E-state index >= 15 is 0 Å². The third kappa shape index (κ3) is 11.3. The molecular weight excluding hydrogens is 611 g/mol. The van der Waals surface area contributed by atoms with Crippen molar-refractivity contribution in [2.45, 2.75) is 70.7 Å². The van der Waals surface area contributed by atoms with Crippen LogP contribution in [-0.4, -0.2) is 62.5 Å². The van der Waals surface area contributed by atoms with E-state index in [-0.39, 0.29) is 46.2 Å². The largest absolute Gasteiger partial charge is 0.490 e. The van der Waals surface area contributed by atoms with Crippen molar-refractivity contribution in [1.82, 2.24) is 15.3 Å². The molecule has 1 saturated carbocycles. The summed E-state index contributed by atoms with van der Waals surface area (Å²) in [5, 5.41) is 9.43. The van der Waals surface area contributed by atoms with Crippen molar-refractivity contribution in [3.63, 3.8) is 0 Å². The SMILES string of the molecule is CC(C)(C)OC(=O)c1ccc(C(=O)CC2CCC(N=C(N)NC(=O)c3nc(Cl)c(N)nc3N)CC2)cc1.O=C(O)C(F)(F)F. The normalized spacial score (nSPS) is 17.1. The second-order valence-corrected chi connectivity index (χ2v) is 11.1. The topological polar surface area (TPSA) is 226 Å². The number of anilines is 2. The van der Waals surface area contributed by atoms with E-state index in [0.717, 1.165) is 25.7 Å². The van der Waals surface area contributed by atoms with Crippen LogP contribution in [0.4, 0.5) is 24.8 Å². The van der Waals surface area contributed by atoms with Gasteiger partial charge in [-0.1, -0.05) is 23.7 Å². The maximum absolute atomic E-state index is 12.8. The van der Waals surface area contributed by atoms with E-state index in [1.165, 1.54) is 0 Å². The zero-order chi connectivity index (χ0) is 33.4. The van der Waals surface area contributed by atoms with E-state index in [1.807, 2.05) is 0 Å². The van der Waals surface area contributed by atoms with E-state index in [1.54, 1.807) is 45.0 Å². The summed E-state index contributed by atoms with van der Waals surface area (Å²) in [6.45, 7) is 5.41. The van der Waals surface area contributed by atoms with Gasteiger partial charge in [0.1, 0.15) is 5.60 Å². The van der Waals surface area contributed by atoms with Gasteiger partial charge in [0.05, 0.1) is 11.6 Å². The minimum absolute atomic E-state index is 0.0234. The molecule has 0 bridgehead atoms. The zero-order valence-electron chi connectivity index (χ0n) is 24.1. The molecule has 240 valence electrons. The fourth-order valence-corrected chi connectivity index (χ4v) is 4.13. The first-order valence-electron chi connectivity index (χ1n) is 13.2. The molecule has 0 unspecified atom stereocenters. The molecule has 0 spiro atoms. The van der Waals surface area contributed by atoms with Gasteiger partial charge in [0, 0.05) is 12.0 Å². The monoisotopic (exact) mass is 643 g/mol. The molecule has 1 aromatic heterocycles. The minimum atomic E-state index is -5.08. The number of Topliss-reactive ketones (excluding diaryl/α,β-unsaturated/α-hetero) is 1. The number of ether oxygens (including phenoxy) is 1. The lowest BCUT2D eigenvalue weighted by atomic mass is 9.82. The molecule has 1 amide bonds. The Morgan fingerprint density at radius 3 is 2.02 bits per heavy atom. The van der Waals surface area contributed by atoms with Crippen LogP contribution in [0.1, 0.15) is 84.1 Å². The van der Waals surface area contributed by atoms with Gasteiger partial charge in [-0.25, -0.2) is 24.5 Å². The molecule has 0 aliphatic heterocycles. The summed E-state index contributed by atoms with van der Waals surface area (Å²) in [5.41, 5.74) is 17.3. The number of amides is 1. The van der Waals surface area contributed by atoms with Crippen molar-refractivity contribution in [3.8, 4) is 0 Å². The number of nitrogen functional groups attached to an aromatic ring is 2. The predicted molar refractivity (Wildman–Crippen MR) is 155 cm³/mol. The van der Waals surface area contributed by atoms with Gasteiger partial charge in [-0.3, -0.25) is 14.9 Å². The molecule has 1 heterocycles. The molecule has 2 aromatic rings. The summed E-state index contributed by atoms with van der Waals surface area (Å²) in [7, 11) is 0. The molecular formula is C27H33ClF3N7O6. The molecule has 8 N–H and O–H groups in total. The molecule has 0 atom stereocenters. The van der Waals surface area contributed by atoms with Crippen molar-refractivity contribution < 1.29 is 42.2 Å². The third-order valence-corrected chi connectivity index (χ3v) is 6.34. The van der Waals surface area contributed by atoms with Gasteiger partial charge >= 0.3 is 18.1 Å². The number of hydrogen-bond donors (Lipinski definition) is 5. The van der Waals surface area contributed by atoms with E-state index < -0.39 is 29.6 Å². The fourth-order valence-electron chi connectivity index (χ4n) is 4.00. The number of ketones is 1. The number of carboxylic acid groups (broad SMARTS) is 1. The molecule has 1 aliphatic carbocycles. The average molecular weight is 644 g/mol. The van der Waals surface area contributed by atoms with Gasteiger partial charge < -0.3 is 27.0 Å². The van der Waals surface area contributed by atoms with Crippen molar-refractivity contribution >= 4 is 52.8 Å². The van der Waals surface area contributed by atoms with Crippen LogP contribution >= 0.6 is 11.6 Å². The molecule has 0 saturated heterocycles. The standard InChI is InChI=1S/C25H32ClN7O4.C2HF3O2/c1-25(2,3)37-23(36)15-8-6-14(7-9-15)17(34)12-13-4-10-16(11-5-13)30-24(29)33-22(35)18-20(27)32-21(28)19(26)31-18;3-2(4,5)1(6)7/h6-9,13,16H,4-5,10-12H2,1-3H3,(H4,27,28,32)(H3,29,30,33,35);(H,6,7). The maximum atomic E-state index is 12.8. The van der Waals surface area contributed by atoms with Crippen molar-refractivity contribution in [2.75, 3.05) is 11.5 Å². The number of aromatic nitrogens is 2. The Balaban J connectivity index is 0.000000860. The Kier molecular flexibility index (Phi) is 12.0. The van der Waals surface area contributed by atoms with E-state index in [0.29, 0.717) is 17.5 Å². The van der Waals surface area contributed by atoms with Crippen LogP contribution in [0, 0.1) is 5.92 Å². The molecule has 44 heavy (non-hydrogen) atoms. The number of carbonyl (C=O) groups is 4. The number of esters is 1. The van der Waals surface area contributed by atoms with Crippen LogP contribution in [0.3, 0.4) is 0 Å². The summed E-state index contributed by atoms with van der Waals surface area (Å²) in [6, 6.07) is 6.46. The predicted octanol–water partition coefficient (Wildman–Crippen LogP) is 3.76. The number of alkyl halides is 3. The van der Waals surface area contributed by atoms with E-state index in [2.05, 4.69) is 20.3 Å². The first-order valence-corrected chi connectivity index (χ1v) is 13.5. The van der Waals surface area contributed by atoms with Gasteiger partial charge in [0.25, 0.3) is 5.91 Å². The number of aliphatic imine (C=N–C) groups is 1. The highest BCUT2D eigenvalue weighted by atomic mass is 35.5. The van der Waals surface area contributed by atoms with Crippen molar-refractivity contribution in [2.24, 2.45) is 16.6 Å². The lowest BCUT2D eigenvalue weighted by Gasteiger charge is -2.26. The summed E-state index contributed by atoms with van der Waals surface area (Å²) in [6.07, 6.45) is -1.64. The first kappa shape index (κ1) is 35.7. The number of benzene rings is 1. The van der Waals surface area contributed by atoms with Crippen molar-refractivity contribution in [3.05, 3.63) is 46.2 Å². The lowest BCUT2D eigenvalue weighted by Crippen LogP contribution is -2.39. The van der Waals surface area contributed by atoms with Gasteiger partial charge in [-0.05, 0) is 64.5 Å². The second kappa shape index (κ2) is 14.8. The highest BCUT2D eigenvalue weighted by molar-refractivity contribution is 6.31. The number of nitrogens with two attached hydrogens (primary N) is 3. The Morgan fingerprint density at radius 2 is 1.52 bits per heavy atom.